The first-order valence-corrected chi connectivity index (χ1v) is 5.09. The van der Waals surface area contributed by atoms with Gasteiger partial charge < -0.3 is 5.32 Å². The lowest BCUT2D eigenvalue weighted by Crippen LogP contribution is -2.05. The van der Waals surface area contributed by atoms with E-state index in [9.17, 15) is 10.1 Å². The van der Waals surface area contributed by atoms with E-state index in [1.807, 2.05) is 0 Å². The molecule has 0 aliphatic heterocycles. The second kappa shape index (κ2) is 4.70. The van der Waals surface area contributed by atoms with Crippen LogP contribution in [0.2, 0.25) is 0 Å². The largest absolute Gasteiger partial charge is 0.357 e. The average molecular weight is 246 g/mol. The highest BCUT2D eigenvalue weighted by atomic mass is 16.6. The zero-order valence-electron chi connectivity index (χ0n) is 9.78. The fraction of sp³-hybridized carbons (Fsp3) is 0.200. The fourth-order valence-electron chi connectivity index (χ4n) is 1.52. The topological polar surface area (TPSA) is 107 Å². The maximum Gasteiger partial charge on any atom is 0.316 e. The molecule has 0 spiro atoms. The first-order valence-electron chi connectivity index (χ1n) is 5.09. The summed E-state index contributed by atoms with van der Waals surface area (Å²) < 4.78 is 0. The molecule has 1 N–H and O–H groups in total. The molecule has 8 nitrogen and oxygen atoms in total. The normalized spacial score (nSPS) is 10.1. The van der Waals surface area contributed by atoms with Gasteiger partial charge in [-0.15, -0.1) is 0 Å². The monoisotopic (exact) mass is 246 g/mol. The zero-order valence-corrected chi connectivity index (χ0v) is 9.78. The molecule has 0 atom stereocenters. The first-order chi connectivity index (χ1) is 8.63. The molecular formula is C10H10N6O2. The standard InChI is InChI=1S/C10H10N6O2/c1-6-9(16(17)18)8(15-10(11-2)14-6)7-3-12-5-13-4-7/h3-5H,1-2H3,(H,11,14,15). The van der Waals surface area contributed by atoms with Crippen LogP contribution in [0.3, 0.4) is 0 Å². The van der Waals surface area contributed by atoms with Gasteiger partial charge in [0, 0.05) is 25.0 Å². The molecule has 0 aliphatic carbocycles. The van der Waals surface area contributed by atoms with Crippen LogP contribution < -0.4 is 5.32 Å². The number of nitrogens with one attached hydrogen (secondary N) is 1. The predicted octanol–water partition coefficient (Wildman–Crippen LogP) is 1.19. The number of hydrogen-bond acceptors (Lipinski definition) is 7. The molecule has 0 fully saturated rings. The van der Waals surface area contributed by atoms with Gasteiger partial charge in [-0.25, -0.2) is 19.9 Å². The fourth-order valence-corrected chi connectivity index (χ4v) is 1.52. The Labute approximate surface area is 102 Å². The van der Waals surface area contributed by atoms with Crippen LogP contribution in [0.5, 0.6) is 0 Å². The Morgan fingerprint density at radius 1 is 1.28 bits per heavy atom. The van der Waals surface area contributed by atoms with E-state index in [-0.39, 0.29) is 11.4 Å². The summed E-state index contributed by atoms with van der Waals surface area (Å²) in [6, 6.07) is 0. The Morgan fingerprint density at radius 3 is 2.50 bits per heavy atom. The molecule has 0 amide bonds. The van der Waals surface area contributed by atoms with Crippen LogP contribution in [0, 0.1) is 17.0 Å². The summed E-state index contributed by atoms with van der Waals surface area (Å²) in [6.45, 7) is 1.56. The van der Waals surface area contributed by atoms with Gasteiger partial charge in [0.05, 0.1) is 4.92 Å². The van der Waals surface area contributed by atoms with Gasteiger partial charge in [-0.3, -0.25) is 10.1 Å². The van der Waals surface area contributed by atoms with Gasteiger partial charge in [0.2, 0.25) is 5.95 Å². The number of aromatic nitrogens is 4. The Kier molecular flexibility index (Phi) is 3.09. The summed E-state index contributed by atoms with van der Waals surface area (Å²) in [5.74, 6) is 0.317. The molecule has 2 aromatic heterocycles. The van der Waals surface area contributed by atoms with Gasteiger partial charge in [0.25, 0.3) is 0 Å². The third-order valence-electron chi connectivity index (χ3n) is 2.30. The van der Waals surface area contributed by atoms with Crippen molar-refractivity contribution in [3.05, 3.63) is 34.5 Å². The lowest BCUT2D eigenvalue weighted by atomic mass is 10.2. The summed E-state index contributed by atoms with van der Waals surface area (Å²) >= 11 is 0. The first kappa shape index (κ1) is 11.8. The minimum atomic E-state index is -0.503. The van der Waals surface area contributed by atoms with Gasteiger partial charge in [0.15, 0.2) is 5.69 Å². The van der Waals surface area contributed by atoms with Crippen molar-refractivity contribution in [1.82, 2.24) is 19.9 Å². The van der Waals surface area contributed by atoms with Crippen molar-refractivity contribution in [1.29, 1.82) is 0 Å². The van der Waals surface area contributed by atoms with Crippen molar-refractivity contribution in [2.45, 2.75) is 6.92 Å². The number of hydrogen-bond donors (Lipinski definition) is 1. The number of rotatable bonds is 3. The maximum atomic E-state index is 11.1. The molecule has 0 bridgehead atoms. The van der Waals surface area contributed by atoms with Crippen LogP contribution in [0.15, 0.2) is 18.7 Å². The van der Waals surface area contributed by atoms with E-state index in [0.29, 0.717) is 17.2 Å². The van der Waals surface area contributed by atoms with E-state index < -0.39 is 4.92 Å². The third-order valence-corrected chi connectivity index (χ3v) is 2.30. The van der Waals surface area contributed by atoms with E-state index in [4.69, 9.17) is 0 Å². The summed E-state index contributed by atoms with van der Waals surface area (Å²) in [7, 11) is 1.64. The SMILES string of the molecule is CNc1nc(C)c([N+](=O)[O-])c(-c2cncnc2)n1. The summed E-state index contributed by atoms with van der Waals surface area (Å²) in [5, 5.41) is 13.8. The number of anilines is 1. The highest BCUT2D eigenvalue weighted by molar-refractivity contribution is 5.70. The van der Waals surface area contributed by atoms with Crippen LogP contribution in [0.4, 0.5) is 11.6 Å². The summed E-state index contributed by atoms with van der Waals surface area (Å²) in [4.78, 5) is 26.3. The minimum Gasteiger partial charge on any atom is -0.357 e. The Bertz CT molecular complexity index is 586. The van der Waals surface area contributed by atoms with Crippen molar-refractivity contribution in [2.75, 3.05) is 12.4 Å². The predicted molar refractivity (Wildman–Crippen MR) is 64.0 cm³/mol. The van der Waals surface area contributed by atoms with Crippen molar-refractivity contribution >= 4 is 11.6 Å². The lowest BCUT2D eigenvalue weighted by molar-refractivity contribution is -0.385. The molecule has 0 saturated heterocycles. The molecule has 0 aromatic carbocycles. The number of nitrogens with zero attached hydrogens (tertiary/aromatic N) is 5. The molecule has 8 heteroatoms. The van der Waals surface area contributed by atoms with E-state index in [0.717, 1.165) is 0 Å². The molecule has 0 aliphatic rings. The molecule has 0 radical (unpaired) electrons. The molecule has 0 unspecified atom stereocenters. The van der Waals surface area contributed by atoms with E-state index in [1.54, 1.807) is 14.0 Å². The molecule has 0 saturated carbocycles. The summed E-state index contributed by atoms with van der Waals surface area (Å²) in [5.41, 5.74) is 0.839. The Balaban J connectivity index is 2.71. The molecule has 2 heterocycles. The Morgan fingerprint density at radius 2 is 1.94 bits per heavy atom. The molecule has 2 aromatic rings. The van der Waals surface area contributed by atoms with Gasteiger partial charge in [-0.2, -0.15) is 0 Å². The number of nitro groups is 1. The van der Waals surface area contributed by atoms with Gasteiger partial charge in [0.1, 0.15) is 12.0 Å². The molecule has 2 rings (SSSR count). The highest BCUT2D eigenvalue weighted by Crippen LogP contribution is 2.29. The minimum absolute atomic E-state index is 0.135. The van der Waals surface area contributed by atoms with E-state index in [1.165, 1.54) is 18.7 Å². The van der Waals surface area contributed by atoms with Crippen LogP contribution in [-0.4, -0.2) is 31.9 Å². The lowest BCUT2D eigenvalue weighted by Gasteiger charge is -2.06. The van der Waals surface area contributed by atoms with Gasteiger partial charge >= 0.3 is 5.69 Å². The smallest absolute Gasteiger partial charge is 0.316 e. The number of aryl methyl sites for hydroxylation is 1. The zero-order chi connectivity index (χ0) is 13.1. The third kappa shape index (κ3) is 2.08. The Hall–Kier alpha value is -2.64. The van der Waals surface area contributed by atoms with E-state index >= 15 is 0 Å². The molecule has 92 valence electrons. The molecular weight excluding hydrogens is 236 g/mol. The van der Waals surface area contributed by atoms with Crippen molar-refractivity contribution in [2.24, 2.45) is 0 Å². The van der Waals surface area contributed by atoms with E-state index in [2.05, 4.69) is 25.3 Å². The van der Waals surface area contributed by atoms with Gasteiger partial charge in [-0.05, 0) is 6.92 Å². The van der Waals surface area contributed by atoms with Crippen molar-refractivity contribution in [3.8, 4) is 11.3 Å². The summed E-state index contributed by atoms with van der Waals surface area (Å²) in [6.07, 6.45) is 4.30. The van der Waals surface area contributed by atoms with Crippen LogP contribution >= 0.6 is 0 Å². The van der Waals surface area contributed by atoms with Crippen LogP contribution in [0.25, 0.3) is 11.3 Å². The average Bonchev–Trinajstić information content (AvgIpc) is 2.38. The van der Waals surface area contributed by atoms with Crippen LogP contribution in [0.1, 0.15) is 5.69 Å². The second-order valence-electron chi connectivity index (χ2n) is 3.46. The van der Waals surface area contributed by atoms with Gasteiger partial charge in [-0.1, -0.05) is 0 Å². The highest BCUT2D eigenvalue weighted by Gasteiger charge is 2.23. The second-order valence-corrected chi connectivity index (χ2v) is 3.46. The molecule has 18 heavy (non-hydrogen) atoms. The maximum absolute atomic E-state index is 11.1. The van der Waals surface area contributed by atoms with Crippen molar-refractivity contribution in [3.63, 3.8) is 0 Å². The van der Waals surface area contributed by atoms with Crippen LogP contribution in [-0.2, 0) is 0 Å². The van der Waals surface area contributed by atoms with Crippen molar-refractivity contribution < 1.29 is 4.92 Å². The quantitative estimate of drug-likeness (QED) is 0.640.